The summed E-state index contributed by atoms with van der Waals surface area (Å²) in [6, 6.07) is 0. The molecule has 0 aliphatic carbocycles. The zero-order valence-electron chi connectivity index (χ0n) is 13.4. The second kappa shape index (κ2) is 5.80. The predicted molar refractivity (Wildman–Crippen MR) is 91.8 cm³/mol. The van der Waals surface area contributed by atoms with E-state index in [1.807, 2.05) is 7.05 Å². The summed E-state index contributed by atoms with van der Waals surface area (Å²) in [5, 5.41) is 3.71. The summed E-state index contributed by atoms with van der Waals surface area (Å²) in [4.78, 5) is 34.0. The molecule has 0 bridgehead atoms. The lowest BCUT2D eigenvalue weighted by molar-refractivity contribution is 0.301. The number of piperidine rings is 1. The summed E-state index contributed by atoms with van der Waals surface area (Å²) in [5.74, 6) is 0.893. The summed E-state index contributed by atoms with van der Waals surface area (Å²) < 4.78 is 2.49. The minimum absolute atomic E-state index is 0.155. The number of hydrogen-bond donors (Lipinski definition) is 2. The van der Waals surface area contributed by atoms with Gasteiger partial charge in [0.1, 0.15) is 11.3 Å². The van der Waals surface area contributed by atoms with Crippen molar-refractivity contribution in [3.63, 3.8) is 0 Å². The monoisotopic (exact) mass is 336 g/mol. The maximum Gasteiger partial charge on any atom is 0.332 e. The standard InChI is InChI=1S/C14H20N6O2S/c1-15-13(23)20-6-4-5-8(7-20)10-16-9-11(17-10)18(2)14(22)19(3)12(9)21/h8H,4-7H2,1-3H3,(H,15,23)(H,16,17). The van der Waals surface area contributed by atoms with Crippen LogP contribution in [-0.2, 0) is 14.1 Å². The Morgan fingerprint density at radius 2 is 2.09 bits per heavy atom. The van der Waals surface area contributed by atoms with Gasteiger partial charge in [0.15, 0.2) is 10.8 Å². The van der Waals surface area contributed by atoms with E-state index in [9.17, 15) is 9.59 Å². The van der Waals surface area contributed by atoms with Gasteiger partial charge in [0.05, 0.1) is 0 Å². The van der Waals surface area contributed by atoms with E-state index in [4.69, 9.17) is 12.2 Å². The molecule has 2 N–H and O–H groups in total. The number of hydrogen-bond acceptors (Lipinski definition) is 4. The van der Waals surface area contributed by atoms with Gasteiger partial charge in [-0.2, -0.15) is 0 Å². The van der Waals surface area contributed by atoms with E-state index in [0.29, 0.717) is 16.3 Å². The smallest absolute Gasteiger partial charge is 0.332 e. The Hall–Kier alpha value is -2.16. The Morgan fingerprint density at radius 1 is 1.35 bits per heavy atom. The SMILES string of the molecule is CNC(=S)N1CCCC(c2nc3c([nH]2)c(=O)n(C)c(=O)n3C)C1. The Kier molecular flexibility index (Phi) is 3.97. The van der Waals surface area contributed by atoms with Crippen molar-refractivity contribution in [3.8, 4) is 0 Å². The highest BCUT2D eigenvalue weighted by molar-refractivity contribution is 7.80. The van der Waals surface area contributed by atoms with E-state index in [2.05, 4.69) is 20.2 Å². The molecule has 0 saturated carbocycles. The number of H-pyrrole nitrogens is 1. The molecule has 23 heavy (non-hydrogen) atoms. The van der Waals surface area contributed by atoms with Gasteiger partial charge in [-0.3, -0.25) is 13.9 Å². The Bertz CT molecular complexity index is 880. The molecule has 2 aromatic heterocycles. The normalized spacial score (nSPS) is 18.4. The number of aromatic nitrogens is 4. The van der Waals surface area contributed by atoms with Crippen LogP contribution in [0, 0.1) is 0 Å². The van der Waals surface area contributed by atoms with Gasteiger partial charge >= 0.3 is 5.69 Å². The summed E-state index contributed by atoms with van der Waals surface area (Å²) in [5.41, 5.74) is 0.0572. The lowest BCUT2D eigenvalue weighted by atomic mass is 9.98. The molecular weight excluding hydrogens is 316 g/mol. The maximum absolute atomic E-state index is 12.3. The first-order chi connectivity index (χ1) is 10.9. The summed E-state index contributed by atoms with van der Waals surface area (Å²) in [7, 11) is 4.91. The van der Waals surface area contributed by atoms with Crippen LogP contribution in [0.15, 0.2) is 9.59 Å². The van der Waals surface area contributed by atoms with Crippen molar-refractivity contribution in [2.24, 2.45) is 14.1 Å². The highest BCUT2D eigenvalue weighted by Gasteiger charge is 2.26. The minimum Gasteiger partial charge on any atom is -0.366 e. The van der Waals surface area contributed by atoms with Crippen molar-refractivity contribution in [2.45, 2.75) is 18.8 Å². The van der Waals surface area contributed by atoms with Gasteiger partial charge in [0.2, 0.25) is 0 Å². The van der Waals surface area contributed by atoms with Crippen LogP contribution in [0.4, 0.5) is 0 Å². The number of rotatable bonds is 1. The van der Waals surface area contributed by atoms with Crippen molar-refractivity contribution in [2.75, 3.05) is 20.1 Å². The fraction of sp³-hybridized carbons (Fsp3) is 0.571. The maximum atomic E-state index is 12.3. The average Bonchev–Trinajstić information content (AvgIpc) is 3.03. The van der Waals surface area contributed by atoms with Crippen molar-refractivity contribution in [1.82, 2.24) is 29.3 Å². The van der Waals surface area contributed by atoms with Gasteiger partial charge in [-0.25, -0.2) is 9.78 Å². The van der Waals surface area contributed by atoms with Gasteiger partial charge in [0.25, 0.3) is 5.56 Å². The second-order valence-electron chi connectivity index (χ2n) is 5.87. The van der Waals surface area contributed by atoms with Gasteiger partial charge in [0, 0.05) is 40.2 Å². The van der Waals surface area contributed by atoms with Gasteiger partial charge < -0.3 is 15.2 Å². The quantitative estimate of drug-likeness (QED) is 0.692. The number of nitrogens with zero attached hydrogens (tertiary/aromatic N) is 4. The third kappa shape index (κ3) is 2.54. The molecule has 1 unspecified atom stereocenters. The topological polar surface area (TPSA) is 88.0 Å². The number of likely N-dealkylation sites (tertiary alicyclic amines) is 1. The molecule has 0 spiro atoms. The lowest BCUT2D eigenvalue weighted by Gasteiger charge is -2.33. The first kappa shape index (κ1) is 15.7. The highest BCUT2D eigenvalue weighted by atomic mass is 32.1. The molecule has 9 heteroatoms. The van der Waals surface area contributed by atoms with Crippen LogP contribution in [-0.4, -0.2) is 49.3 Å². The Labute approximate surface area is 138 Å². The van der Waals surface area contributed by atoms with Crippen molar-refractivity contribution >= 4 is 28.5 Å². The molecule has 1 fully saturated rings. The fourth-order valence-electron chi connectivity index (χ4n) is 3.08. The van der Waals surface area contributed by atoms with Crippen LogP contribution < -0.4 is 16.6 Å². The molecule has 0 radical (unpaired) electrons. The summed E-state index contributed by atoms with van der Waals surface area (Å²) in [6.07, 6.45) is 1.97. The number of imidazole rings is 1. The molecule has 1 aliphatic rings. The number of nitrogens with one attached hydrogen (secondary N) is 2. The fourth-order valence-corrected chi connectivity index (χ4v) is 3.25. The number of aromatic amines is 1. The van der Waals surface area contributed by atoms with Crippen molar-refractivity contribution < 1.29 is 0 Å². The van der Waals surface area contributed by atoms with E-state index in [1.54, 1.807) is 7.05 Å². The van der Waals surface area contributed by atoms with E-state index in [1.165, 1.54) is 11.6 Å². The average molecular weight is 336 g/mol. The van der Waals surface area contributed by atoms with E-state index in [-0.39, 0.29) is 17.2 Å². The van der Waals surface area contributed by atoms with Crippen LogP contribution in [0.3, 0.4) is 0 Å². The van der Waals surface area contributed by atoms with Gasteiger partial charge in [-0.15, -0.1) is 0 Å². The van der Waals surface area contributed by atoms with E-state index in [0.717, 1.165) is 36.3 Å². The molecule has 2 aromatic rings. The van der Waals surface area contributed by atoms with Gasteiger partial charge in [-0.05, 0) is 25.1 Å². The zero-order chi connectivity index (χ0) is 16.7. The summed E-state index contributed by atoms with van der Waals surface area (Å²) >= 11 is 5.30. The van der Waals surface area contributed by atoms with E-state index >= 15 is 0 Å². The highest BCUT2D eigenvalue weighted by Crippen LogP contribution is 2.25. The van der Waals surface area contributed by atoms with Crippen molar-refractivity contribution in [1.29, 1.82) is 0 Å². The van der Waals surface area contributed by atoms with Crippen LogP contribution in [0.5, 0.6) is 0 Å². The molecule has 3 rings (SSSR count). The molecule has 1 aliphatic heterocycles. The van der Waals surface area contributed by atoms with Crippen LogP contribution in [0.1, 0.15) is 24.6 Å². The number of fused-ring (bicyclic) bond motifs is 1. The number of aryl methyl sites for hydroxylation is 1. The second-order valence-corrected chi connectivity index (χ2v) is 6.25. The summed E-state index contributed by atoms with van der Waals surface area (Å²) in [6.45, 7) is 1.66. The van der Waals surface area contributed by atoms with Gasteiger partial charge in [-0.1, -0.05) is 0 Å². The third-order valence-corrected chi connectivity index (χ3v) is 4.88. The first-order valence-electron chi connectivity index (χ1n) is 7.56. The predicted octanol–water partition coefficient (Wildman–Crippen LogP) is -0.356. The zero-order valence-corrected chi connectivity index (χ0v) is 14.2. The molecule has 1 saturated heterocycles. The minimum atomic E-state index is -0.373. The number of thiocarbonyl (C=S) groups is 1. The molecule has 0 aromatic carbocycles. The Morgan fingerprint density at radius 3 is 2.78 bits per heavy atom. The first-order valence-corrected chi connectivity index (χ1v) is 7.97. The molecular formula is C14H20N6O2S. The third-order valence-electron chi connectivity index (χ3n) is 4.42. The van der Waals surface area contributed by atoms with Crippen molar-refractivity contribution in [3.05, 3.63) is 26.7 Å². The molecule has 124 valence electrons. The molecule has 3 heterocycles. The van der Waals surface area contributed by atoms with Crippen LogP contribution in [0.25, 0.3) is 11.2 Å². The largest absolute Gasteiger partial charge is 0.366 e. The van der Waals surface area contributed by atoms with Crippen LogP contribution in [0.2, 0.25) is 0 Å². The van der Waals surface area contributed by atoms with E-state index < -0.39 is 0 Å². The van der Waals surface area contributed by atoms with Crippen LogP contribution >= 0.6 is 12.2 Å². The molecule has 0 amide bonds. The Balaban J connectivity index is 2.03. The molecule has 8 nitrogen and oxygen atoms in total. The molecule has 1 atom stereocenters. The lowest BCUT2D eigenvalue weighted by Crippen LogP contribution is -2.43.